The lowest BCUT2D eigenvalue weighted by Crippen LogP contribution is -2.39. The minimum Gasteiger partial charge on any atom is -0.328 e. The molecule has 1 aromatic rings. The number of nitrogens with zero attached hydrogens (tertiary/aromatic N) is 3. The van der Waals surface area contributed by atoms with E-state index in [1.54, 1.807) is 6.33 Å². The lowest BCUT2D eigenvalue weighted by atomic mass is 9.94. The molecule has 14 heavy (non-hydrogen) atoms. The smallest absolute Gasteiger partial charge is 0.115 e. The zero-order valence-electron chi connectivity index (χ0n) is 8.43. The average Bonchev–Trinajstić information content (AvgIpc) is 2.23. The molecule has 0 saturated carbocycles. The number of hydrogen-bond acceptors (Lipinski definition) is 4. The number of hydrogen-bond donors (Lipinski definition) is 1. The van der Waals surface area contributed by atoms with E-state index in [-0.39, 0.29) is 0 Å². The Morgan fingerprint density at radius 1 is 1.43 bits per heavy atom. The zero-order chi connectivity index (χ0) is 9.97. The fourth-order valence-corrected chi connectivity index (χ4v) is 1.98. The molecule has 2 rings (SSSR count). The van der Waals surface area contributed by atoms with Crippen molar-refractivity contribution >= 4 is 0 Å². The van der Waals surface area contributed by atoms with E-state index >= 15 is 0 Å². The first-order valence-corrected chi connectivity index (χ1v) is 4.98. The summed E-state index contributed by atoms with van der Waals surface area (Å²) in [7, 11) is 2.13. The highest BCUT2D eigenvalue weighted by Gasteiger charge is 2.25. The molecule has 2 N–H and O–H groups in total. The van der Waals surface area contributed by atoms with Gasteiger partial charge in [0.25, 0.3) is 0 Å². The number of aromatic nitrogens is 2. The van der Waals surface area contributed by atoms with Crippen molar-refractivity contribution in [1.82, 2.24) is 14.9 Å². The molecule has 0 spiro atoms. The van der Waals surface area contributed by atoms with Crippen LogP contribution in [0.3, 0.4) is 0 Å². The molecule has 2 atom stereocenters. The molecule has 2 heterocycles. The summed E-state index contributed by atoms with van der Waals surface area (Å²) in [6.45, 7) is 1.06. The van der Waals surface area contributed by atoms with E-state index in [1.165, 1.54) is 5.56 Å². The molecular weight excluding hydrogens is 176 g/mol. The Balaban J connectivity index is 2.16. The molecular formula is C10H16N4. The van der Waals surface area contributed by atoms with Crippen molar-refractivity contribution in [3.05, 3.63) is 24.3 Å². The Hall–Kier alpha value is -1.00. The van der Waals surface area contributed by atoms with E-state index in [9.17, 15) is 0 Å². The van der Waals surface area contributed by atoms with Gasteiger partial charge in [0, 0.05) is 30.0 Å². The first-order valence-electron chi connectivity index (χ1n) is 4.98. The van der Waals surface area contributed by atoms with Gasteiger partial charge in [-0.15, -0.1) is 0 Å². The van der Waals surface area contributed by atoms with Crippen molar-refractivity contribution in [3.8, 4) is 0 Å². The predicted molar refractivity (Wildman–Crippen MR) is 54.6 cm³/mol. The monoisotopic (exact) mass is 192 g/mol. The van der Waals surface area contributed by atoms with Crippen LogP contribution in [-0.4, -0.2) is 34.5 Å². The largest absolute Gasteiger partial charge is 0.328 e. The summed E-state index contributed by atoms with van der Waals surface area (Å²) in [4.78, 5) is 10.4. The first kappa shape index (κ1) is 9.55. The molecule has 0 radical (unpaired) electrons. The van der Waals surface area contributed by atoms with Gasteiger partial charge in [0.1, 0.15) is 6.33 Å². The third-order valence-corrected chi connectivity index (χ3v) is 2.88. The third kappa shape index (κ3) is 1.91. The van der Waals surface area contributed by atoms with Gasteiger partial charge in [0.15, 0.2) is 0 Å². The summed E-state index contributed by atoms with van der Waals surface area (Å²) in [6, 6.07) is 0.705. The standard InChI is InChI=1S/C10H16N4/c1-14-3-2-9(11)4-10(14)8-5-12-7-13-6-8/h5-7,9-10H,2-4,11H2,1H3. The van der Waals surface area contributed by atoms with E-state index in [4.69, 9.17) is 5.73 Å². The van der Waals surface area contributed by atoms with Gasteiger partial charge >= 0.3 is 0 Å². The number of piperidine rings is 1. The minimum absolute atomic E-state index is 0.316. The molecule has 1 fully saturated rings. The maximum Gasteiger partial charge on any atom is 0.115 e. The van der Waals surface area contributed by atoms with Crippen molar-refractivity contribution < 1.29 is 0 Å². The second kappa shape index (κ2) is 4.02. The molecule has 76 valence electrons. The van der Waals surface area contributed by atoms with Gasteiger partial charge in [-0.2, -0.15) is 0 Å². The molecule has 0 amide bonds. The highest BCUT2D eigenvalue weighted by atomic mass is 15.1. The molecule has 0 aliphatic carbocycles. The van der Waals surface area contributed by atoms with E-state index in [0.717, 1.165) is 19.4 Å². The Morgan fingerprint density at radius 3 is 2.86 bits per heavy atom. The second-order valence-corrected chi connectivity index (χ2v) is 3.95. The van der Waals surface area contributed by atoms with Crippen LogP contribution >= 0.6 is 0 Å². The molecule has 4 nitrogen and oxygen atoms in total. The summed E-state index contributed by atoms with van der Waals surface area (Å²) < 4.78 is 0. The Labute approximate surface area is 84.2 Å². The van der Waals surface area contributed by atoms with Gasteiger partial charge in [-0.3, -0.25) is 4.90 Å². The normalized spacial score (nSPS) is 29.0. The Bertz CT molecular complexity index is 287. The van der Waals surface area contributed by atoms with E-state index in [2.05, 4.69) is 21.9 Å². The molecule has 4 heteroatoms. The van der Waals surface area contributed by atoms with Gasteiger partial charge in [0.05, 0.1) is 0 Å². The van der Waals surface area contributed by atoms with Crippen molar-refractivity contribution in [2.24, 2.45) is 5.73 Å². The van der Waals surface area contributed by atoms with Crippen LogP contribution in [0.1, 0.15) is 24.4 Å². The van der Waals surface area contributed by atoms with Crippen molar-refractivity contribution in [1.29, 1.82) is 0 Å². The van der Waals surface area contributed by atoms with Crippen LogP contribution < -0.4 is 5.73 Å². The maximum absolute atomic E-state index is 5.96. The topological polar surface area (TPSA) is 55.0 Å². The fraction of sp³-hybridized carbons (Fsp3) is 0.600. The average molecular weight is 192 g/mol. The van der Waals surface area contributed by atoms with E-state index in [0.29, 0.717) is 12.1 Å². The summed E-state index contributed by atoms with van der Waals surface area (Å²) in [6.07, 6.45) is 7.41. The van der Waals surface area contributed by atoms with Crippen LogP contribution in [-0.2, 0) is 0 Å². The van der Waals surface area contributed by atoms with Crippen LogP contribution in [0.2, 0.25) is 0 Å². The van der Waals surface area contributed by atoms with Gasteiger partial charge in [-0.25, -0.2) is 9.97 Å². The molecule has 0 bridgehead atoms. The predicted octanol–water partition coefficient (Wildman–Crippen LogP) is 0.571. The van der Waals surface area contributed by atoms with Crippen molar-refractivity contribution in [3.63, 3.8) is 0 Å². The quantitative estimate of drug-likeness (QED) is 0.707. The molecule has 1 saturated heterocycles. The Morgan fingerprint density at radius 2 is 2.14 bits per heavy atom. The molecule has 1 aliphatic rings. The molecule has 0 aromatic carbocycles. The molecule has 2 unspecified atom stereocenters. The second-order valence-electron chi connectivity index (χ2n) is 3.95. The van der Waals surface area contributed by atoms with Crippen LogP contribution in [0.5, 0.6) is 0 Å². The van der Waals surface area contributed by atoms with E-state index in [1.807, 2.05) is 12.4 Å². The zero-order valence-corrected chi connectivity index (χ0v) is 8.43. The lowest BCUT2D eigenvalue weighted by molar-refractivity contribution is 0.171. The highest BCUT2D eigenvalue weighted by Crippen LogP contribution is 2.27. The lowest BCUT2D eigenvalue weighted by Gasteiger charge is -2.35. The van der Waals surface area contributed by atoms with Gasteiger partial charge in [0.2, 0.25) is 0 Å². The van der Waals surface area contributed by atoms with Gasteiger partial charge < -0.3 is 5.73 Å². The fourth-order valence-electron chi connectivity index (χ4n) is 1.98. The summed E-state index contributed by atoms with van der Waals surface area (Å²) >= 11 is 0. The summed E-state index contributed by atoms with van der Waals surface area (Å²) in [5, 5.41) is 0. The SMILES string of the molecule is CN1CCC(N)CC1c1cncnc1. The van der Waals surface area contributed by atoms with Crippen molar-refractivity contribution in [2.75, 3.05) is 13.6 Å². The summed E-state index contributed by atoms with van der Waals surface area (Å²) in [5.41, 5.74) is 7.13. The number of rotatable bonds is 1. The van der Waals surface area contributed by atoms with Gasteiger partial charge in [-0.05, 0) is 26.4 Å². The van der Waals surface area contributed by atoms with Crippen LogP contribution in [0, 0.1) is 0 Å². The van der Waals surface area contributed by atoms with Crippen LogP contribution in [0.25, 0.3) is 0 Å². The van der Waals surface area contributed by atoms with Crippen LogP contribution in [0.15, 0.2) is 18.7 Å². The van der Waals surface area contributed by atoms with Crippen molar-refractivity contribution in [2.45, 2.75) is 24.9 Å². The van der Waals surface area contributed by atoms with E-state index < -0.39 is 0 Å². The minimum atomic E-state index is 0.316. The number of likely N-dealkylation sites (tertiary alicyclic amines) is 1. The molecule has 1 aliphatic heterocycles. The first-order chi connectivity index (χ1) is 6.77. The van der Waals surface area contributed by atoms with Crippen LogP contribution in [0.4, 0.5) is 0 Å². The maximum atomic E-state index is 5.96. The third-order valence-electron chi connectivity index (χ3n) is 2.88. The summed E-state index contributed by atoms with van der Waals surface area (Å²) in [5.74, 6) is 0. The number of nitrogens with two attached hydrogens (primary N) is 1. The molecule has 1 aromatic heterocycles. The van der Waals surface area contributed by atoms with Gasteiger partial charge in [-0.1, -0.05) is 0 Å². The highest BCUT2D eigenvalue weighted by molar-refractivity contribution is 5.11. The Kier molecular flexibility index (Phi) is 2.74.